The molecule has 1 aliphatic rings. The number of hydrogen-bond donors (Lipinski definition) is 2. The van der Waals surface area contributed by atoms with Crippen LogP contribution in [0, 0.1) is 12.8 Å². The lowest BCUT2D eigenvalue weighted by molar-refractivity contribution is 0.0696. The molecule has 1 amide bonds. The average molecular weight is 406 g/mol. The van der Waals surface area contributed by atoms with E-state index in [0.29, 0.717) is 36.9 Å². The smallest absolute Gasteiger partial charge is 0.365 e. The van der Waals surface area contributed by atoms with Crippen molar-refractivity contribution in [1.82, 2.24) is 14.9 Å². The van der Waals surface area contributed by atoms with Gasteiger partial charge in [-0.15, -0.1) is 11.3 Å². The molecule has 1 aliphatic carbocycles. The van der Waals surface area contributed by atoms with Crippen LogP contribution in [-0.2, 0) is 11.3 Å². The lowest BCUT2D eigenvalue weighted by Gasteiger charge is -2.21. The Morgan fingerprint density at radius 2 is 2.11 bits per heavy atom. The van der Waals surface area contributed by atoms with Gasteiger partial charge in [-0.2, -0.15) is 0 Å². The lowest BCUT2D eigenvalue weighted by Crippen LogP contribution is -2.30. The zero-order valence-electron chi connectivity index (χ0n) is 16.4. The maximum absolute atomic E-state index is 12.8. The average Bonchev–Trinajstić information content (AvgIpc) is 3.30. The van der Waals surface area contributed by atoms with Crippen molar-refractivity contribution in [3.05, 3.63) is 27.7 Å². The van der Waals surface area contributed by atoms with Crippen LogP contribution in [0.3, 0.4) is 0 Å². The number of carbonyl (C=O) groups is 2. The first-order valence-corrected chi connectivity index (χ1v) is 10.6. The van der Waals surface area contributed by atoms with Gasteiger partial charge in [0.1, 0.15) is 0 Å². The van der Waals surface area contributed by atoms with E-state index in [1.807, 2.05) is 17.6 Å². The molecule has 2 aromatic heterocycles. The summed E-state index contributed by atoms with van der Waals surface area (Å²) in [6.07, 6.45) is 6.13. The fraction of sp³-hybridized carbons (Fsp3) is 0.550. The fourth-order valence-corrected chi connectivity index (χ4v) is 4.42. The first kappa shape index (κ1) is 20.5. The van der Waals surface area contributed by atoms with Crippen LogP contribution >= 0.6 is 11.3 Å². The number of hydrogen-bond acceptors (Lipinski definition) is 5. The van der Waals surface area contributed by atoms with E-state index < -0.39 is 5.97 Å². The molecule has 2 heterocycles. The summed E-state index contributed by atoms with van der Waals surface area (Å²) < 4.78 is 7.17. The highest BCUT2D eigenvalue weighted by Gasteiger charge is 2.22. The number of ether oxygens (including phenoxy) is 1. The topological polar surface area (TPSA) is 93.4 Å². The van der Waals surface area contributed by atoms with Crippen LogP contribution < -0.4 is 5.32 Å². The van der Waals surface area contributed by atoms with Gasteiger partial charge in [0.05, 0.1) is 23.6 Å². The second kappa shape index (κ2) is 9.34. The fourth-order valence-electron chi connectivity index (χ4n) is 3.77. The summed E-state index contributed by atoms with van der Waals surface area (Å²) in [5, 5.41) is 14.0. The maximum atomic E-state index is 12.8. The number of carbonyl (C=O) groups excluding carboxylic acids is 1. The molecule has 2 aromatic rings. The number of carboxylic acids is 1. The Morgan fingerprint density at radius 3 is 2.75 bits per heavy atom. The minimum absolute atomic E-state index is 0.0374. The molecule has 2 N–H and O–H groups in total. The van der Waals surface area contributed by atoms with Crippen LogP contribution in [0.2, 0.25) is 0 Å². The first-order valence-electron chi connectivity index (χ1n) is 9.67. The largest absolute Gasteiger partial charge is 0.476 e. The van der Waals surface area contributed by atoms with Crippen LogP contribution in [0.1, 0.15) is 58.0 Å². The Morgan fingerprint density at radius 1 is 1.36 bits per heavy atom. The highest BCUT2D eigenvalue weighted by Crippen LogP contribution is 2.28. The molecule has 0 bridgehead atoms. The summed E-state index contributed by atoms with van der Waals surface area (Å²) in [4.78, 5) is 28.2. The third-order valence-corrected chi connectivity index (χ3v) is 6.19. The third-order valence-electron chi connectivity index (χ3n) is 5.36. The second-order valence-electron chi connectivity index (χ2n) is 7.23. The maximum Gasteiger partial charge on any atom is 0.365 e. The van der Waals surface area contributed by atoms with E-state index in [0.717, 1.165) is 22.7 Å². The highest BCUT2D eigenvalue weighted by atomic mass is 32.1. The number of nitrogens with zero attached hydrogens (tertiary/aromatic N) is 2. The second-order valence-corrected chi connectivity index (χ2v) is 8.09. The van der Waals surface area contributed by atoms with E-state index in [2.05, 4.69) is 10.3 Å². The van der Waals surface area contributed by atoms with Crippen LogP contribution in [-0.4, -0.2) is 46.8 Å². The number of methoxy groups -OCH3 is 1. The van der Waals surface area contributed by atoms with Crippen molar-refractivity contribution in [3.8, 4) is 11.4 Å². The van der Waals surface area contributed by atoms with E-state index in [1.54, 1.807) is 12.5 Å². The minimum atomic E-state index is -1.05. The van der Waals surface area contributed by atoms with Gasteiger partial charge >= 0.3 is 5.97 Å². The van der Waals surface area contributed by atoms with Gasteiger partial charge in [-0.3, -0.25) is 4.79 Å². The van der Waals surface area contributed by atoms with Crippen LogP contribution in [0.5, 0.6) is 0 Å². The Balaban J connectivity index is 1.83. The van der Waals surface area contributed by atoms with Crippen LogP contribution in [0.15, 0.2) is 11.4 Å². The Kier molecular flexibility index (Phi) is 6.85. The van der Waals surface area contributed by atoms with Gasteiger partial charge < -0.3 is 19.7 Å². The molecular weight excluding hydrogens is 378 g/mol. The number of amides is 1. The summed E-state index contributed by atoms with van der Waals surface area (Å²) in [5.74, 6) is -0.577. The summed E-state index contributed by atoms with van der Waals surface area (Å²) in [7, 11) is 1.63. The molecule has 0 spiro atoms. The number of nitrogens with one attached hydrogen (secondary N) is 1. The molecule has 7 nitrogen and oxygen atoms in total. The summed E-state index contributed by atoms with van der Waals surface area (Å²) >= 11 is 1.08. The van der Waals surface area contributed by atoms with Crippen molar-refractivity contribution in [2.24, 2.45) is 5.92 Å². The van der Waals surface area contributed by atoms with Crippen molar-refractivity contribution in [1.29, 1.82) is 0 Å². The zero-order chi connectivity index (χ0) is 20.1. The number of carboxylic acid groups (broad SMARTS) is 1. The van der Waals surface area contributed by atoms with E-state index in [4.69, 9.17) is 9.84 Å². The van der Waals surface area contributed by atoms with E-state index in [9.17, 15) is 9.59 Å². The number of aromatic nitrogens is 2. The number of aromatic carboxylic acids is 1. The molecular formula is C20H27N3O4S. The van der Waals surface area contributed by atoms with Crippen molar-refractivity contribution < 1.29 is 19.4 Å². The zero-order valence-corrected chi connectivity index (χ0v) is 17.2. The normalized spacial score (nSPS) is 14.9. The number of thiazole rings is 1. The predicted molar refractivity (Wildman–Crippen MR) is 108 cm³/mol. The van der Waals surface area contributed by atoms with E-state index in [-0.39, 0.29) is 10.9 Å². The van der Waals surface area contributed by atoms with Gasteiger partial charge in [-0.1, -0.05) is 19.3 Å². The molecule has 0 aromatic carbocycles. The monoisotopic (exact) mass is 405 g/mol. The Hall–Kier alpha value is -2.19. The van der Waals surface area contributed by atoms with Crippen molar-refractivity contribution in [3.63, 3.8) is 0 Å². The van der Waals surface area contributed by atoms with Crippen molar-refractivity contribution >= 4 is 23.2 Å². The lowest BCUT2D eigenvalue weighted by atomic mass is 9.89. The summed E-state index contributed by atoms with van der Waals surface area (Å²) in [5.41, 5.74) is 2.74. The Bertz CT molecular complexity index is 837. The van der Waals surface area contributed by atoms with Gasteiger partial charge in [-0.05, 0) is 31.7 Å². The van der Waals surface area contributed by atoms with Crippen LogP contribution in [0.4, 0.5) is 0 Å². The van der Waals surface area contributed by atoms with Gasteiger partial charge in [-0.25, -0.2) is 9.78 Å². The SMILES string of the molecule is COCCn1c(-c2csc(C(=O)O)n2)cc(C(=O)NCC2CCCCC2)c1C. The molecule has 28 heavy (non-hydrogen) atoms. The molecule has 0 radical (unpaired) electrons. The summed E-state index contributed by atoms with van der Waals surface area (Å²) in [6.45, 7) is 3.66. The molecule has 8 heteroatoms. The minimum Gasteiger partial charge on any atom is -0.476 e. The van der Waals surface area contributed by atoms with E-state index in [1.165, 1.54) is 32.1 Å². The number of rotatable bonds is 8. The molecule has 0 unspecified atom stereocenters. The highest BCUT2D eigenvalue weighted by molar-refractivity contribution is 7.11. The first-order chi connectivity index (χ1) is 13.5. The third kappa shape index (κ3) is 4.62. The quantitative estimate of drug-likeness (QED) is 0.700. The van der Waals surface area contributed by atoms with Crippen LogP contribution in [0.25, 0.3) is 11.4 Å². The molecule has 1 fully saturated rings. The van der Waals surface area contributed by atoms with Gasteiger partial charge in [0.2, 0.25) is 5.01 Å². The van der Waals surface area contributed by atoms with Gasteiger partial charge in [0.25, 0.3) is 5.91 Å². The Labute approximate surface area is 168 Å². The van der Waals surface area contributed by atoms with Crippen molar-refractivity contribution in [2.75, 3.05) is 20.3 Å². The molecule has 1 saturated carbocycles. The predicted octanol–water partition coefficient (Wildman–Crippen LogP) is 3.57. The molecule has 0 aliphatic heterocycles. The summed E-state index contributed by atoms with van der Waals surface area (Å²) in [6, 6.07) is 1.81. The standard InChI is InChI=1S/C20H27N3O4S/c1-13-15(18(24)21-11-14-6-4-3-5-7-14)10-17(23(13)8-9-27-2)16-12-28-19(22-16)20(25)26/h10,12,14H,3-9,11H2,1-2H3,(H,21,24)(H,25,26). The molecule has 0 atom stereocenters. The van der Waals surface area contributed by atoms with E-state index >= 15 is 0 Å². The van der Waals surface area contributed by atoms with Crippen molar-refractivity contribution in [2.45, 2.75) is 45.6 Å². The molecule has 0 saturated heterocycles. The van der Waals surface area contributed by atoms with Gasteiger partial charge in [0.15, 0.2) is 0 Å². The molecule has 152 valence electrons. The molecule has 3 rings (SSSR count). The van der Waals surface area contributed by atoms with Gasteiger partial charge in [0, 0.05) is 31.3 Å².